The van der Waals surface area contributed by atoms with Crippen molar-refractivity contribution in [2.75, 3.05) is 12.4 Å². The van der Waals surface area contributed by atoms with Crippen molar-refractivity contribution in [3.05, 3.63) is 54.4 Å². The molecule has 5 nitrogen and oxygen atoms in total. The number of fused-ring (bicyclic) bond motifs is 1. The molecule has 0 aliphatic rings. The number of nitrogens with zero attached hydrogens (tertiary/aromatic N) is 2. The molecule has 0 saturated carbocycles. The number of hydrogen-bond donors (Lipinski definition) is 1. The van der Waals surface area contributed by atoms with Gasteiger partial charge in [-0.1, -0.05) is 18.2 Å². The molecule has 118 valence electrons. The van der Waals surface area contributed by atoms with Crippen molar-refractivity contribution in [3.63, 3.8) is 0 Å². The molecule has 0 spiro atoms. The van der Waals surface area contributed by atoms with Crippen molar-refractivity contribution in [1.82, 2.24) is 9.55 Å². The molecule has 0 fully saturated rings. The van der Waals surface area contributed by atoms with E-state index in [2.05, 4.69) is 10.3 Å². The van der Waals surface area contributed by atoms with Crippen molar-refractivity contribution < 1.29 is 9.53 Å². The predicted molar refractivity (Wildman–Crippen MR) is 90.7 cm³/mol. The monoisotopic (exact) mass is 309 g/mol. The number of amides is 1. The van der Waals surface area contributed by atoms with Gasteiger partial charge in [0, 0.05) is 13.0 Å². The van der Waals surface area contributed by atoms with Crippen LogP contribution in [0.5, 0.6) is 5.75 Å². The van der Waals surface area contributed by atoms with Gasteiger partial charge >= 0.3 is 0 Å². The van der Waals surface area contributed by atoms with Crippen LogP contribution in [0.4, 0.5) is 5.69 Å². The fourth-order valence-electron chi connectivity index (χ4n) is 2.54. The second-order valence-corrected chi connectivity index (χ2v) is 5.43. The predicted octanol–water partition coefficient (Wildman–Crippen LogP) is 3.38. The molecule has 2 aromatic carbocycles. The Morgan fingerprint density at radius 1 is 1.26 bits per heavy atom. The number of ether oxygens (including phenoxy) is 1. The lowest BCUT2D eigenvalue weighted by molar-refractivity contribution is -0.116. The molecule has 1 heterocycles. The van der Waals surface area contributed by atoms with E-state index in [0.29, 0.717) is 24.4 Å². The van der Waals surface area contributed by atoms with Gasteiger partial charge in [-0.3, -0.25) is 4.79 Å². The van der Waals surface area contributed by atoms with Crippen LogP contribution in [0.3, 0.4) is 0 Å². The molecule has 1 amide bonds. The Bertz CT molecular complexity index is 839. The fraction of sp³-hybridized carbons (Fsp3) is 0.222. The first-order valence-corrected chi connectivity index (χ1v) is 7.52. The second kappa shape index (κ2) is 6.52. The van der Waals surface area contributed by atoms with Crippen molar-refractivity contribution in [2.24, 2.45) is 0 Å². The van der Waals surface area contributed by atoms with E-state index in [1.165, 1.54) is 0 Å². The number of aryl methyl sites for hydroxylation is 2. The Balaban J connectivity index is 1.67. The number of benzene rings is 2. The van der Waals surface area contributed by atoms with Gasteiger partial charge in [-0.05, 0) is 36.8 Å². The van der Waals surface area contributed by atoms with Crippen molar-refractivity contribution >= 4 is 22.6 Å². The molecule has 0 aliphatic carbocycles. The Hall–Kier alpha value is -2.82. The average molecular weight is 309 g/mol. The normalized spacial score (nSPS) is 10.7. The molecular formula is C18H19N3O2. The molecule has 0 aliphatic heterocycles. The summed E-state index contributed by atoms with van der Waals surface area (Å²) in [5, 5.41) is 2.92. The summed E-state index contributed by atoms with van der Waals surface area (Å²) in [5.74, 6) is 0.615. The van der Waals surface area contributed by atoms with Gasteiger partial charge in [-0.25, -0.2) is 4.98 Å². The summed E-state index contributed by atoms with van der Waals surface area (Å²) in [7, 11) is 1.60. The van der Waals surface area contributed by atoms with E-state index in [9.17, 15) is 4.79 Å². The van der Waals surface area contributed by atoms with Gasteiger partial charge in [0.25, 0.3) is 0 Å². The second-order valence-electron chi connectivity index (χ2n) is 5.43. The third-order valence-corrected chi connectivity index (χ3v) is 3.74. The van der Waals surface area contributed by atoms with Gasteiger partial charge in [0.2, 0.25) is 5.91 Å². The molecule has 3 aromatic rings. The van der Waals surface area contributed by atoms with Crippen LogP contribution in [0.2, 0.25) is 0 Å². The molecule has 5 heteroatoms. The summed E-state index contributed by atoms with van der Waals surface area (Å²) in [6.45, 7) is 2.56. The number of imidazole rings is 1. The minimum atomic E-state index is -0.0494. The minimum Gasteiger partial charge on any atom is -0.495 e. The Labute approximate surface area is 134 Å². The van der Waals surface area contributed by atoms with Crippen LogP contribution < -0.4 is 10.1 Å². The Morgan fingerprint density at radius 2 is 2.09 bits per heavy atom. The van der Waals surface area contributed by atoms with E-state index in [0.717, 1.165) is 16.6 Å². The molecule has 0 saturated heterocycles. The number of para-hydroxylation sites is 2. The largest absolute Gasteiger partial charge is 0.495 e. The molecular weight excluding hydrogens is 290 g/mol. The number of nitrogens with one attached hydrogen (secondary N) is 1. The lowest BCUT2D eigenvalue weighted by Crippen LogP contribution is -2.15. The summed E-state index contributed by atoms with van der Waals surface area (Å²) in [6, 6.07) is 13.6. The van der Waals surface area contributed by atoms with Crippen molar-refractivity contribution in [3.8, 4) is 5.75 Å². The quantitative estimate of drug-likeness (QED) is 0.786. The number of rotatable bonds is 5. The molecule has 3 rings (SSSR count). The Morgan fingerprint density at radius 3 is 2.91 bits per heavy atom. The molecule has 0 unspecified atom stereocenters. The van der Waals surface area contributed by atoms with E-state index in [-0.39, 0.29) is 5.91 Å². The van der Waals surface area contributed by atoms with Crippen LogP contribution in [0, 0.1) is 6.92 Å². The first-order valence-electron chi connectivity index (χ1n) is 7.52. The number of aromatic nitrogens is 2. The maximum Gasteiger partial charge on any atom is 0.226 e. The SMILES string of the molecule is COc1ccc(C)cc1NC(=O)CCn1cnc2ccccc21. The van der Waals surface area contributed by atoms with Crippen LogP contribution >= 0.6 is 0 Å². The summed E-state index contributed by atoms with van der Waals surface area (Å²) in [5.41, 5.74) is 3.75. The van der Waals surface area contributed by atoms with E-state index < -0.39 is 0 Å². The number of carbonyl (C=O) groups excluding carboxylic acids is 1. The van der Waals surface area contributed by atoms with Crippen LogP contribution in [0.25, 0.3) is 11.0 Å². The number of methoxy groups -OCH3 is 1. The number of carbonyl (C=O) groups is 1. The lowest BCUT2D eigenvalue weighted by Gasteiger charge is -2.11. The van der Waals surface area contributed by atoms with Gasteiger partial charge in [-0.2, -0.15) is 0 Å². The highest BCUT2D eigenvalue weighted by atomic mass is 16.5. The molecule has 1 N–H and O–H groups in total. The first kappa shape index (κ1) is 15.1. The summed E-state index contributed by atoms with van der Waals surface area (Å²) in [6.07, 6.45) is 2.14. The summed E-state index contributed by atoms with van der Waals surface area (Å²) in [4.78, 5) is 16.6. The van der Waals surface area contributed by atoms with E-state index in [1.54, 1.807) is 13.4 Å². The van der Waals surface area contributed by atoms with Crippen LogP contribution in [0.15, 0.2) is 48.8 Å². The van der Waals surface area contributed by atoms with E-state index >= 15 is 0 Å². The van der Waals surface area contributed by atoms with Crippen LogP contribution in [-0.2, 0) is 11.3 Å². The highest BCUT2D eigenvalue weighted by Crippen LogP contribution is 2.25. The number of hydrogen-bond acceptors (Lipinski definition) is 3. The van der Waals surface area contributed by atoms with E-state index in [4.69, 9.17) is 4.74 Å². The highest BCUT2D eigenvalue weighted by molar-refractivity contribution is 5.92. The first-order chi connectivity index (χ1) is 11.2. The maximum atomic E-state index is 12.2. The molecule has 0 bridgehead atoms. The third-order valence-electron chi connectivity index (χ3n) is 3.74. The van der Waals surface area contributed by atoms with Crippen LogP contribution in [-0.4, -0.2) is 22.6 Å². The van der Waals surface area contributed by atoms with Crippen molar-refractivity contribution in [2.45, 2.75) is 19.9 Å². The molecule has 0 radical (unpaired) electrons. The van der Waals surface area contributed by atoms with Gasteiger partial charge in [0.1, 0.15) is 5.75 Å². The molecule has 0 atom stereocenters. The minimum absolute atomic E-state index is 0.0494. The fourth-order valence-corrected chi connectivity index (χ4v) is 2.54. The maximum absolute atomic E-state index is 12.2. The zero-order valence-corrected chi connectivity index (χ0v) is 13.2. The van der Waals surface area contributed by atoms with Gasteiger partial charge < -0.3 is 14.6 Å². The zero-order valence-electron chi connectivity index (χ0n) is 13.2. The summed E-state index contributed by atoms with van der Waals surface area (Å²) >= 11 is 0. The van der Waals surface area contributed by atoms with Gasteiger partial charge in [-0.15, -0.1) is 0 Å². The number of anilines is 1. The van der Waals surface area contributed by atoms with E-state index in [1.807, 2.05) is 54.0 Å². The highest BCUT2D eigenvalue weighted by Gasteiger charge is 2.09. The van der Waals surface area contributed by atoms with Crippen molar-refractivity contribution in [1.29, 1.82) is 0 Å². The van der Waals surface area contributed by atoms with Gasteiger partial charge in [0.05, 0.1) is 30.2 Å². The van der Waals surface area contributed by atoms with Crippen LogP contribution in [0.1, 0.15) is 12.0 Å². The Kier molecular flexibility index (Phi) is 4.28. The standard InChI is InChI=1S/C18H19N3O2/c1-13-7-8-17(23-2)15(11-13)20-18(22)9-10-21-12-19-14-5-3-4-6-16(14)21/h3-8,11-12H,9-10H2,1-2H3,(H,20,22). The summed E-state index contributed by atoms with van der Waals surface area (Å²) < 4.78 is 7.27. The van der Waals surface area contributed by atoms with Gasteiger partial charge in [0.15, 0.2) is 0 Å². The zero-order chi connectivity index (χ0) is 16.2. The lowest BCUT2D eigenvalue weighted by atomic mass is 10.2. The average Bonchev–Trinajstić information content (AvgIpc) is 2.96. The third kappa shape index (κ3) is 3.34. The molecule has 23 heavy (non-hydrogen) atoms. The smallest absolute Gasteiger partial charge is 0.226 e. The topological polar surface area (TPSA) is 56.1 Å². The molecule has 1 aromatic heterocycles.